The lowest BCUT2D eigenvalue weighted by atomic mass is 10.1. The molecule has 1 fully saturated rings. The Morgan fingerprint density at radius 2 is 2.26 bits per heavy atom. The highest BCUT2D eigenvalue weighted by Gasteiger charge is 2.22. The summed E-state index contributed by atoms with van der Waals surface area (Å²) < 4.78 is 5.48. The van der Waals surface area contributed by atoms with Crippen LogP contribution in [0.3, 0.4) is 0 Å². The lowest BCUT2D eigenvalue weighted by Gasteiger charge is -2.35. The third kappa shape index (κ3) is 2.29. The lowest BCUT2D eigenvalue weighted by molar-refractivity contribution is 0.0986. The molecule has 3 rings (SSSR count). The molecule has 1 saturated heterocycles. The maximum Gasteiger partial charge on any atom is 0.137 e. The molecular weight excluding hydrogens is 240 g/mol. The van der Waals surface area contributed by atoms with Gasteiger partial charge in [-0.15, -0.1) is 0 Å². The second-order valence-corrected chi connectivity index (χ2v) is 4.93. The van der Waals surface area contributed by atoms with E-state index in [9.17, 15) is 5.11 Å². The quantitative estimate of drug-likeness (QED) is 0.894. The minimum absolute atomic E-state index is 0.0312. The topological polar surface area (TPSA) is 45.6 Å². The highest BCUT2D eigenvalue weighted by Crippen LogP contribution is 2.28. The molecule has 0 radical (unpaired) electrons. The standard InChI is InChI=1S/C15H18N2O2/c1-11-10-19-7-6-17(11)15-14-5-3-2-4-12(14)8-13(9-18)16-15/h2-5,8,11,18H,6-7,9-10H2,1H3. The average molecular weight is 258 g/mol. The van der Waals surface area contributed by atoms with Crippen molar-refractivity contribution in [3.63, 3.8) is 0 Å². The van der Waals surface area contributed by atoms with Gasteiger partial charge in [-0.2, -0.15) is 0 Å². The Balaban J connectivity index is 2.14. The summed E-state index contributed by atoms with van der Waals surface area (Å²) >= 11 is 0. The first kappa shape index (κ1) is 12.4. The fourth-order valence-electron chi connectivity index (χ4n) is 2.58. The van der Waals surface area contributed by atoms with Crippen molar-refractivity contribution in [1.29, 1.82) is 0 Å². The normalized spacial score (nSPS) is 19.9. The molecule has 0 spiro atoms. The van der Waals surface area contributed by atoms with E-state index in [1.807, 2.05) is 18.2 Å². The van der Waals surface area contributed by atoms with Crippen LogP contribution in [0.25, 0.3) is 10.8 Å². The number of aromatic nitrogens is 1. The number of anilines is 1. The summed E-state index contributed by atoms with van der Waals surface area (Å²) in [5, 5.41) is 11.6. The van der Waals surface area contributed by atoms with Gasteiger partial charge in [-0.1, -0.05) is 24.3 Å². The van der Waals surface area contributed by atoms with Gasteiger partial charge in [-0.3, -0.25) is 0 Å². The Labute approximate surface area is 112 Å². The van der Waals surface area contributed by atoms with Crippen molar-refractivity contribution >= 4 is 16.6 Å². The predicted octanol–water partition coefficient (Wildman–Crippen LogP) is 1.95. The molecule has 0 saturated carbocycles. The second kappa shape index (κ2) is 5.15. The van der Waals surface area contributed by atoms with Crippen LogP contribution in [-0.4, -0.2) is 35.9 Å². The number of hydrogen-bond donors (Lipinski definition) is 1. The van der Waals surface area contributed by atoms with Gasteiger partial charge in [0, 0.05) is 11.9 Å². The van der Waals surface area contributed by atoms with Gasteiger partial charge in [0.1, 0.15) is 5.82 Å². The van der Waals surface area contributed by atoms with Crippen molar-refractivity contribution in [2.24, 2.45) is 0 Å². The van der Waals surface area contributed by atoms with E-state index in [4.69, 9.17) is 4.74 Å². The number of rotatable bonds is 2. The van der Waals surface area contributed by atoms with Crippen LogP contribution in [0, 0.1) is 0 Å². The van der Waals surface area contributed by atoms with Gasteiger partial charge in [-0.25, -0.2) is 4.98 Å². The zero-order chi connectivity index (χ0) is 13.2. The molecule has 1 aliphatic heterocycles. The van der Waals surface area contributed by atoms with Crippen LogP contribution in [0.15, 0.2) is 30.3 Å². The highest BCUT2D eigenvalue weighted by atomic mass is 16.5. The number of fused-ring (bicyclic) bond motifs is 1. The molecular formula is C15H18N2O2. The fourth-order valence-corrected chi connectivity index (χ4v) is 2.58. The molecule has 0 bridgehead atoms. The molecule has 2 heterocycles. The van der Waals surface area contributed by atoms with Crippen LogP contribution >= 0.6 is 0 Å². The number of aliphatic hydroxyl groups is 1. The third-order valence-corrected chi connectivity index (χ3v) is 3.58. The van der Waals surface area contributed by atoms with Crippen molar-refractivity contribution in [1.82, 2.24) is 4.98 Å². The van der Waals surface area contributed by atoms with Gasteiger partial charge in [0.15, 0.2) is 0 Å². The predicted molar refractivity (Wildman–Crippen MR) is 75.3 cm³/mol. The molecule has 1 aromatic carbocycles. The van der Waals surface area contributed by atoms with Crippen molar-refractivity contribution in [2.45, 2.75) is 19.6 Å². The molecule has 0 aliphatic carbocycles. The number of aliphatic hydroxyl groups excluding tert-OH is 1. The van der Waals surface area contributed by atoms with Crippen molar-refractivity contribution in [3.8, 4) is 0 Å². The summed E-state index contributed by atoms with van der Waals surface area (Å²) in [7, 11) is 0. The van der Waals surface area contributed by atoms with Crippen LogP contribution in [0.1, 0.15) is 12.6 Å². The first-order valence-corrected chi connectivity index (χ1v) is 6.63. The monoisotopic (exact) mass is 258 g/mol. The Morgan fingerprint density at radius 1 is 1.42 bits per heavy atom. The molecule has 100 valence electrons. The number of nitrogens with zero attached hydrogens (tertiary/aromatic N) is 2. The van der Waals surface area contributed by atoms with E-state index in [1.165, 1.54) is 0 Å². The van der Waals surface area contributed by atoms with Gasteiger partial charge in [0.2, 0.25) is 0 Å². The maximum atomic E-state index is 9.38. The molecule has 1 atom stereocenters. The first-order chi connectivity index (χ1) is 9.29. The van der Waals surface area contributed by atoms with Gasteiger partial charge >= 0.3 is 0 Å². The minimum Gasteiger partial charge on any atom is -0.390 e. The molecule has 0 amide bonds. The van der Waals surface area contributed by atoms with Gasteiger partial charge in [0.05, 0.1) is 31.6 Å². The Bertz CT molecular complexity index is 585. The first-order valence-electron chi connectivity index (χ1n) is 6.63. The van der Waals surface area contributed by atoms with Crippen molar-refractivity contribution in [3.05, 3.63) is 36.0 Å². The number of ether oxygens (including phenoxy) is 1. The van der Waals surface area contributed by atoms with Gasteiger partial charge < -0.3 is 14.7 Å². The summed E-state index contributed by atoms with van der Waals surface area (Å²) in [5.74, 6) is 0.956. The lowest BCUT2D eigenvalue weighted by Crippen LogP contribution is -2.44. The fraction of sp³-hybridized carbons (Fsp3) is 0.400. The zero-order valence-corrected chi connectivity index (χ0v) is 11.0. The van der Waals surface area contributed by atoms with E-state index < -0.39 is 0 Å². The zero-order valence-electron chi connectivity index (χ0n) is 11.0. The highest BCUT2D eigenvalue weighted by molar-refractivity contribution is 5.92. The summed E-state index contributed by atoms with van der Waals surface area (Å²) in [6.07, 6.45) is 0. The van der Waals surface area contributed by atoms with E-state index >= 15 is 0 Å². The minimum atomic E-state index is -0.0312. The molecule has 1 aromatic heterocycles. The molecule has 4 heteroatoms. The van der Waals surface area contributed by atoms with Crippen molar-refractivity contribution < 1.29 is 9.84 Å². The van der Waals surface area contributed by atoms with Crippen LogP contribution in [0.5, 0.6) is 0 Å². The molecule has 4 nitrogen and oxygen atoms in total. The van der Waals surface area contributed by atoms with E-state index in [0.717, 1.165) is 36.3 Å². The summed E-state index contributed by atoms with van der Waals surface area (Å²) in [6, 6.07) is 10.4. The molecule has 19 heavy (non-hydrogen) atoms. The van der Waals surface area contributed by atoms with E-state index in [0.29, 0.717) is 11.7 Å². The van der Waals surface area contributed by atoms with Crippen LogP contribution < -0.4 is 4.90 Å². The average Bonchev–Trinajstić information content (AvgIpc) is 2.46. The smallest absolute Gasteiger partial charge is 0.137 e. The Morgan fingerprint density at radius 3 is 3.05 bits per heavy atom. The SMILES string of the molecule is CC1COCCN1c1nc(CO)cc2ccccc12. The number of benzene rings is 1. The van der Waals surface area contributed by atoms with Crippen molar-refractivity contribution in [2.75, 3.05) is 24.7 Å². The van der Waals surface area contributed by atoms with E-state index in [-0.39, 0.29) is 6.61 Å². The van der Waals surface area contributed by atoms with Gasteiger partial charge in [-0.05, 0) is 18.4 Å². The third-order valence-electron chi connectivity index (χ3n) is 3.58. The number of hydrogen-bond acceptors (Lipinski definition) is 4. The number of morpholine rings is 1. The maximum absolute atomic E-state index is 9.38. The molecule has 1 unspecified atom stereocenters. The summed E-state index contributed by atoms with van der Waals surface area (Å²) in [6.45, 7) is 4.40. The van der Waals surface area contributed by atoms with Gasteiger partial charge in [0.25, 0.3) is 0 Å². The van der Waals surface area contributed by atoms with E-state index in [2.05, 4.69) is 28.9 Å². The second-order valence-electron chi connectivity index (χ2n) is 4.93. The van der Waals surface area contributed by atoms with E-state index in [1.54, 1.807) is 0 Å². The Kier molecular flexibility index (Phi) is 3.36. The molecule has 1 aliphatic rings. The summed E-state index contributed by atoms with van der Waals surface area (Å²) in [4.78, 5) is 6.88. The number of pyridine rings is 1. The Hall–Kier alpha value is -1.65. The summed E-state index contributed by atoms with van der Waals surface area (Å²) in [5.41, 5.74) is 0.715. The van der Waals surface area contributed by atoms with Crippen LogP contribution in [-0.2, 0) is 11.3 Å². The molecule has 2 aromatic rings. The molecule has 1 N–H and O–H groups in total. The largest absolute Gasteiger partial charge is 0.390 e. The van der Waals surface area contributed by atoms with Crippen LogP contribution in [0.2, 0.25) is 0 Å². The van der Waals surface area contributed by atoms with Crippen LogP contribution in [0.4, 0.5) is 5.82 Å².